The first kappa shape index (κ1) is 12.1. The third kappa shape index (κ3) is 2.48. The monoisotopic (exact) mass is 243 g/mol. The lowest BCUT2D eigenvalue weighted by Gasteiger charge is -2.08. The molecule has 92 valence electrons. The van der Waals surface area contributed by atoms with Crippen LogP contribution < -0.4 is 4.74 Å². The second kappa shape index (κ2) is 4.87. The quantitative estimate of drug-likeness (QED) is 0.604. The number of para-hydroxylation sites is 2. The van der Waals surface area contributed by atoms with E-state index >= 15 is 0 Å². The van der Waals surface area contributed by atoms with Gasteiger partial charge in [0, 0.05) is 6.07 Å². The average Bonchev–Trinajstić information content (AvgIpc) is 2.34. The fourth-order valence-electron chi connectivity index (χ4n) is 1.60. The van der Waals surface area contributed by atoms with Crippen LogP contribution in [0.2, 0.25) is 0 Å². The van der Waals surface area contributed by atoms with E-state index in [1.54, 1.807) is 24.3 Å². The van der Waals surface area contributed by atoms with Gasteiger partial charge < -0.3 is 4.74 Å². The number of rotatable bonds is 3. The van der Waals surface area contributed by atoms with Crippen molar-refractivity contribution in [3.63, 3.8) is 0 Å². The van der Waals surface area contributed by atoms with Crippen molar-refractivity contribution in [2.45, 2.75) is 13.8 Å². The molecule has 0 radical (unpaired) electrons. The third-order valence-electron chi connectivity index (χ3n) is 2.77. The molecule has 0 unspecified atom stereocenters. The Labute approximate surface area is 105 Å². The number of ether oxygens (including phenoxy) is 1. The van der Waals surface area contributed by atoms with Crippen molar-refractivity contribution >= 4 is 5.69 Å². The van der Waals surface area contributed by atoms with Gasteiger partial charge in [-0.3, -0.25) is 10.1 Å². The van der Waals surface area contributed by atoms with Gasteiger partial charge >= 0.3 is 5.69 Å². The molecule has 0 aliphatic heterocycles. The minimum atomic E-state index is -0.448. The molecule has 0 heterocycles. The fraction of sp³-hybridized carbons (Fsp3) is 0.143. The Kier molecular flexibility index (Phi) is 3.28. The molecular weight excluding hydrogens is 230 g/mol. The molecule has 0 saturated heterocycles. The number of nitro benzene ring substituents is 1. The Bertz CT molecular complexity index is 593. The molecule has 4 heteroatoms. The Morgan fingerprint density at radius 3 is 2.44 bits per heavy atom. The first-order valence-corrected chi connectivity index (χ1v) is 5.56. The number of aryl methyl sites for hydroxylation is 2. The minimum absolute atomic E-state index is 0.0317. The Morgan fingerprint density at radius 2 is 1.78 bits per heavy atom. The van der Waals surface area contributed by atoms with Crippen LogP contribution in [0.25, 0.3) is 0 Å². The number of hydrogen-bond donors (Lipinski definition) is 0. The van der Waals surface area contributed by atoms with Crippen LogP contribution in [0.3, 0.4) is 0 Å². The molecule has 0 fully saturated rings. The van der Waals surface area contributed by atoms with Crippen molar-refractivity contribution in [1.29, 1.82) is 0 Å². The van der Waals surface area contributed by atoms with Crippen molar-refractivity contribution in [1.82, 2.24) is 0 Å². The molecule has 0 amide bonds. The van der Waals surface area contributed by atoms with Crippen LogP contribution in [0, 0.1) is 24.0 Å². The predicted molar refractivity (Wildman–Crippen MR) is 69.1 cm³/mol. The third-order valence-corrected chi connectivity index (χ3v) is 2.77. The number of nitrogens with zero attached hydrogens (tertiary/aromatic N) is 1. The first-order valence-electron chi connectivity index (χ1n) is 5.56. The summed E-state index contributed by atoms with van der Waals surface area (Å²) in [6.45, 7) is 3.98. The summed E-state index contributed by atoms with van der Waals surface area (Å²) in [5, 5.41) is 10.9. The minimum Gasteiger partial charge on any atom is -0.450 e. The van der Waals surface area contributed by atoms with E-state index in [9.17, 15) is 10.1 Å². The zero-order valence-corrected chi connectivity index (χ0v) is 10.2. The van der Waals surface area contributed by atoms with Gasteiger partial charge in [-0.2, -0.15) is 0 Å². The second-order valence-corrected chi connectivity index (χ2v) is 4.07. The molecule has 0 bridgehead atoms. The normalized spacial score (nSPS) is 10.1. The second-order valence-electron chi connectivity index (χ2n) is 4.07. The van der Waals surface area contributed by atoms with Gasteiger partial charge in [0.15, 0.2) is 0 Å². The van der Waals surface area contributed by atoms with Gasteiger partial charge in [0.2, 0.25) is 5.75 Å². The van der Waals surface area contributed by atoms with Gasteiger partial charge in [0.1, 0.15) is 5.75 Å². The molecule has 2 aromatic rings. The zero-order chi connectivity index (χ0) is 13.1. The highest BCUT2D eigenvalue weighted by Crippen LogP contribution is 2.31. The van der Waals surface area contributed by atoms with Crippen LogP contribution in [-0.2, 0) is 0 Å². The van der Waals surface area contributed by atoms with Crippen molar-refractivity contribution in [3.05, 3.63) is 63.7 Å². The molecule has 0 aromatic heterocycles. The highest BCUT2D eigenvalue weighted by Gasteiger charge is 2.14. The fourth-order valence-corrected chi connectivity index (χ4v) is 1.60. The van der Waals surface area contributed by atoms with Crippen molar-refractivity contribution in [2.24, 2.45) is 0 Å². The van der Waals surface area contributed by atoms with E-state index < -0.39 is 4.92 Å². The molecule has 0 aliphatic carbocycles. The molecule has 2 rings (SSSR count). The molecule has 4 nitrogen and oxygen atoms in total. The smallest absolute Gasteiger partial charge is 0.311 e. The van der Waals surface area contributed by atoms with Crippen molar-refractivity contribution in [3.8, 4) is 11.5 Å². The predicted octanol–water partition coefficient (Wildman–Crippen LogP) is 4.00. The largest absolute Gasteiger partial charge is 0.450 e. The molecule has 18 heavy (non-hydrogen) atoms. The molecule has 2 aromatic carbocycles. The van der Waals surface area contributed by atoms with Gasteiger partial charge in [-0.15, -0.1) is 0 Å². The maximum Gasteiger partial charge on any atom is 0.311 e. The molecule has 0 saturated carbocycles. The lowest BCUT2D eigenvalue weighted by molar-refractivity contribution is -0.385. The standard InChI is InChI=1S/C14H13NO3/c1-10-7-8-12(9-11(10)2)18-14-6-4-3-5-13(14)15(16)17/h3-9H,1-2H3. The van der Waals surface area contributed by atoms with Gasteiger partial charge in [0.25, 0.3) is 0 Å². The van der Waals surface area contributed by atoms with Gasteiger partial charge in [-0.05, 0) is 43.2 Å². The SMILES string of the molecule is Cc1ccc(Oc2ccccc2[N+](=O)[O-])cc1C. The van der Waals surface area contributed by atoms with Crippen molar-refractivity contribution < 1.29 is 9.66 Å². The number of hydrogen-bond acceptors (Lipinski definition) is 3. The summed E-state index contributed by atoms with van der Waals surface area (Å²) < 4.78 is 5.56. The summed E-state index contributed by atoms with van der Waals surface area (Å²) in [5.74, 6) is 0.859. The molecular formula is C14H13NO3. The molecule has 0 atom stereocenters. The van der Waals surface area contributed by atoms with E-state index in [1.807, 2.05) is 26.0 Å². The lowest BCUT2D eigenvalue weighted by atomic mass is 10.1. The van der Waals surface area contributed by atoms with Crippen LogP contribution in [-0.4, -0.2) is 4.92 Å². The van der Waals surface area contributed by atoms with Crippen LogP contribution >= 0.6 is 0 Å². The Morgan fingerprint density at radius 1 is 1.06 bits per heavy atom. The van der Waals surface area contributed by atoms with E-state index in [1.165, 1.54) is 6.07 Å². The van der Waals surface area contributed by atoms with E-state index in [0.717, 1.165) is 11.1 Å². The van der Waals surface area contributed by atoms with Crippen molar-refractivity contribution in [2.75, 3.05) is 0 Å². The summed E-state index contributed by atoms with van der Waals surface area (Å²) in [7, 11) is 0. The van der Waals surface area contributed by atoms with E-state index in [-0.39, 0.29) is 11.4 Å². The highest BCUT2D eigenvalue weighted by atomic mass is 16.6. The van der Waals surface area contributed by atoms with Gasteiger partial charge in [-0.25, -0.2) is 0 Å². The summed E-state index contributed by atoms with van der Waals surface area (Å²) in [6.07, 6.45) is 0. The number of benzene rings is 2. The molecule has 0 N–H and O–H groups in total. The number of nitro groups is 1. The van der Waals surface area contributed by atoms with Crippen LogP contribution in [0.15, 0.2) is 42.5 Å². The highest BCUT2D eigenvalue weighted by molar-refractivity contribution is 5.48. The molecule has 0 spiro atoms. The van der Waals surface area contributed by atoms with Crippen LogP contribution in [0.4, 0.5) is 5.69 Å². The summed E-state index contributed by atoms with van der Waals surface area (Å²) in [5.41, 5.74) is 2.21. The first-order chi connectivity index (χ1) is 8.58. The maximum atomic E-state index is 10.9. The Balaban J connectivity index is 2.34. The lowest BCUT2D eigenvalue weighted by Crippen LogP contribution is -1.93. The molecule has 0 aliphatic rings. The topological polar surface area (TPSA) is 52.4 Å². The van der Waals surface area contributed by atoms with Crippen LogP contribution in [0.5, 0.6) is 11.5 Å². The van der Waals surface area contributed by atoms with E-state index in [2.05, 4.69) is 0 Å². The summed E-state index contributed by atoms with van der Waals surface area (Å²) in [6, 6.07) is 11.9. The average molecular weight is 243 g/mol. The van der Waals surface area contributed by atoms with Crippen LogP contribution in [0.1, 0.15) is 11.1 Å². The zero-order valence-electron chi connectivity index (χ0n) is 10.2. The Hall–Kier alpha value is -2.36. The van der Waals surface area contributed by atoms with E-state index in [4.69, 9.17) is 4.74 Å². The van der Waals surface area contributed by atoms with E-state index in [0.29, 0.717) is 5.75 Å². The maximum absolute atomic E-state index is 10.9. The van der Waals surface area contributed by atoms with Gasteiger partial charge in [-0.1, -0.05) is 18.2 Å². The summed E-state index contributed by atoms with van der Waals surface area (Å²) in [4.78, 5) is 10.4. The summed E-state index contributed by atoms with van der Waals surface area (Å²) >= 11 is 0. The van der Waals surface area contributed by atoms with Gasteiger partial charge in [0.05, 0.1) is 4.92 Å².